The maximum absolute atomic E-state index is 12.7. The highest BCUT2D eigenvalue weighted by molar-refractivity contribution is 5.91. The molecular formula is C38H47N5O6. The molecule has 6 N–H and O–H groups in total. The van der Waals surface area contributed by atoms with Crippen LogP contribution in [0.2, 0.25) is 0 Å². The Hall–Kier alpha value is -4.55. The molecule has 3 aromatic carbocycles. The van der Waals surface area contributed by atoms with E-state index < -0.39 is 12.2 Å². The number of pyridine rings is 1. The molecule has 0 radical (unpaired) electrons. The minimum atomic E-state index is -0.790. The van der Waals surface area contributed by atoms with Gasteiger partial charge in [-0.25, -0.2) is 4.79 Å². The molecule has 1 aliphatic rings. The number of likely N-dealkylation sites (tertiary alicyclic amines) is 1. The normalized spacial score (nSPS) is 14.5. The lowest BCUT2D eigenvalue weighted by molar-refractivity contribution is -0.118. The number of para-hydroxylation sites is 1. The number of carbonyl (C=O) groups is 2. The number of ketones is 1. The number of Topliss-reactive ketones (excluding diaryl/α,β-unsaturated/α-hetero) is 1. The van der Waals surface area contributed by atoms with Crippen molar-refractivity contribution in [3.63, 3.8) is 0 Å². The quantitative estimate of drug-likeness (QED) is 0.0857. The average Bonchev–Trinajstić information content (AvgIpc) is 3.11. The number of hydrogen-bond acceptors (Lipinski definition) is 9. The van der Waals surface area contributed by atoms with Gasteiger partial charge in [-0.3, -0.25) is 14.9 Å². The van der Waals surface area contributed by atoms with Crippen LogP contribution in [-0.2, 0) is 9.53 Å². The highest BCUT2D eigenvalue weighted by Crippen LogP contribution is 2.29. The summed E-state index contributed by atoms with van der Waals surface area (Å²) in [6.07, 6.45) is 3.35. The molecular weight excluding hydrogens is 622 g/mol. The number of benzene rings is 3. The summed E-state index contributed by atoms with van der Waals surface area (Å²) in [5.74, 6) is 0.168. The number of hydrogen-bond donors (Lipinski definition) is 6. The number of H-pyrrole nitrogens is 1. The van der Waals surface area contributed by atoms with Crippen molar-refractivity contribution in [3.8, 4) is 16.9 Å². The molecule has 11 nitrogen and oxygen atoms in total. The molecule has 1 fully saturated rings. The number of fused-ring (bicyclic) bond motifs is 1. The fraction of sp³-hybridized carbons (Fsp3) is 0.395. The standard InChI is InChI=1S/C38H47N5O6/c44-28(11-5-2-8-20-39-26-35(46)31-14-16-34(45)37-32(31)15-17-36(47)42-37)25-40-21-24-43-22-18-29(19-23-43)49-38(48)41-33-13-7-6-12-30(33)27-9-3-1-4-10-27/h1,3-4,6-7,9-10,12-17,29,35,39-40,45-46H,2,5,8,11,18-26H2,(H,41,48)(H,42,47). The molecule has 2 heterocycles. The molecule has 1 aliphatic heterocycles. The number of carbonyl (C=O) groups excluding carboxylic acids is 2. The smallest absolute Gasteiger partial charge is 0.411 e. The highest BCUT2D eigenvalue weighted by Gasteiger charge is 2.22. The zero-order valence-corrected chi connectivity index (χ0v) is 27.8. The Kier molecular flexibility index (Phi) is 13.3. The van der Waals surface area contributed by atoms with Crippen molar-refractivity contribution in [2.24, 2.45) is 0 Å². The second-order valence-corrected chi connectivity index (χ2v) is 12.5. The van der Waals surface area contributed by atoms with Gasteiger partial charge in [-0.1, -0.05) is 61.0 Å². The Morgan fingerprint density at radius 3 is 2.49 bits per heavy atom. The Labute approximate surface area is 286 Å². The molecule has 1 saturated heterocycles. The van der Waals surface area contributed by atoms with E-state index in [1.165, 1.54) is 12.1 Å². The van der Waals surface area contributed by atoms with Crippen LogP contribution in [0.4, 0.5) is 10.5 Å². The van der Waals surface area contributed by atoms with Gasteiger partial charge in [-0.15, -0.1) is 0 Å². The third-order valence-electron chi connectivity index (χ3n) is 8.90. The van der Waals surface area contributed by atoms with E-state index in [4.69, 9.17) is 4.74 Å². The summed E-state index contributed by atoms with van der Waals surface area (Å²) in [6, 6.07) is 23.8. The monoisotopic (exact) mass is 669 g/mol. The van der Waals surface area contributed by atoms with Gasteiger partial charge in [0.15, 0.2) is 0 Å². The number of aliphatic hydroxyl groups excluding tert-OH is 1. The van der Waals surface area contributed by atoms with Crippen LogP contribution in [0.15, 0.2) is 83.7 Å². The van der Waals surface area contributed by atoms with Crippen LogP contribution in [0.3, 0.4) is 0 Å². The number of aliphatic hydroxyl groups is 1. The van der Waals surface area contributed by atoms with Gasteiger partial charge in [0.05, 0.1) is 23.9 Å². The number of amides is 1. The average molecular weight is 670 g/mol. The van der Waals surface area contributed by atoms with Crippen LogP contribution in [0.25, 0.3) is 22.0 Å². The van der Waals surface area contributed by atoms with Crippen molar-refractivity contribution in [2.45, 2.75) is 50.7 Å². The number of aromatic amines is 1. The van der Waals surface area contributed by atoms with E-state index in [-0.39, 0.29) is 23.2 Å². The largest absolute Gasteiger partial charge is 0.506 e. The van der Waals surface area contributed by atoms with E-state index in [1.807, 2.05) is 54.6 Å². The minimum absolute atomic E-state index is 0.0334. The molecule has 4 aromatic rings. The maximum atomic E-state index is 12.7. The van der Waals surface area contributed by atoms with Gasteiger partial charge in [0.25, 0.3) is 0 Å². The van der Waals surface area contributed by atoms with E-state index in [9.17, 15) is 24.6 Å². The lowest BCUT2D eigenvalue weighted by Crippen LogP contribution is -2.42. The molecule has 1 unspecified atom stereocenters. The summed E-state index contributed by atoms with van der Waals surface area (Å²) < 4.78 is 5.74. The molecule has 1 atom stereocenters. The topological polar surface area (TPSA) is 156 Å². The lowest BCUT2D eigenvalue weighted by Gasteiger charge is -2.31. The van der Waals surface area contributed by atoms with E-state index in [0.29, 0.717) is 42.5 Å². The number of rotatable bonds is 17. The number of piperidine rings is 1. The number of aromatic hydroxyl groups is 1. The van der Waals surface area contributed by atoms with Gasteiger partial charge in [-0.05, 0) is 61.6 Å². The Morgan fingerprint density at radius 1 is 0.898 bits per heavy atom. The third kappa shape index (κ3) is 10.7. The first-order valence-corrected chi connectivity index (χ1v) is 17.2. The number of unbranched alkanes of at least 4 members (excludes halogenated alkanes) is 2. The van der Waals surface area contributed by atoms with Crippen LogP contribution < -0.4 is 21.5 Å². The highest BCUT2D eigenvalue weighted by atomic mass is 16.6. The van der Waals surface area contributed by atoms with Crippen molar-refractivity contribution in [1.82, 2.24) is 20.5 Å². The molecule has 1 aromatic heterocycles. The molecule has 11 heteroatoms. The number of anilines is 1. The molecule has 0 bridgehead atoms. The van der Waals surface area contributed by atoms with Gasteiger partial charge in [-0.2, -0.15) is 0 Å². The van der Waals surface area contributed by atoms with Gasteiger partial charge in [0.2, 0.25) is 5.56 Å². The van der Waals surface area contributed by atoms with Crippen LogP contribution >= 0.6 is 0 Å². The Bertz CT molecular complexity index is 1720. The third-order valence-corrected chi connectivity index (χ3v) is 8.90. The van der Waals surface area contributed by atoms with Crippen molar-refractivity contribution in [2.75, 3.05) is 51.1 Å². The summed E-state index contributed by atoms with van der Waals surface area (Å²) in [4.78, 5) is 41.6. The summed E-state index contributed by atoms with van der Waals surface area (Å²) in [5.41, 5.74) is 3.34. The van der Waals surface area contributed by atoms with Crippen molar-refractivity contribution in [3.05, 3.63) is 94.8 Å². The Morgan fingerprint density at radius 2 is 1.67 bits per heavy atom. The van der Waals surface area contributed by atoms with Gasteiger partial charge in [0, 0.05) is 56.2 Å². The predicted octanol–water partition coefficient (Wildman–Crippen LogP) is 4.96. The van der Waals surface area contributed by atoms with Gasteiger partial charge >= 0.3 is 6.09 Å². The Balaban J connectivity index is 0.880. The van der Waals surface area contributed by atoms with Crippen LogP contribution in [-0.4, -0.2) is 83.9 Å². The summed E-state index contributed by atoms with van der Waals surface area (Å²) in [7, 11) is 0. The van der Waals surface area contributed by atoms with E-state index in [0.717, 1.165) is 75.1 Å². The number of aromatic nitrogens is 1. The van der Waals surface area contributed by atoms with Gasteiger partial charge < -0.3 is 35.5 Å². The SMILES string of the molecule is O=C(CCCCCNCC(O)c1ccc(O)c2[nH]c(=O)ccc12)CNCCN1CCC(OC(=O)Nc2ccccc2-c2ccccc2)CC1. The number of nitrogens with one attached hydrogen (secondary N) is 4. The lowest BCUT2D eigenvalue weighted by atomic mass is 10.0. The van der Waals surface area contributed by atoms with Crippen molar-refractivity contribution >= 4 is 28.5 Å². The number of nitrogens with zero attached hydrogens (tertiary/aromatic N) is 1. The summed E-state index contributed by atoms with van der Waals surface area (Å²) in [5, 5.41) is 30.7. The number of phenolic OH excluding ortho intramolecular Hbond substituents is 1. The predicted molar refractivity (Wildman–Crippen MR) is 192 cm³/mol. The van der Waals surface area contributed by atoms with Gasteiger partial charge in [0.1, 0.15) is 17.6 Å². The number of phenols is 1. The zero-order chi connectivity index (χ0) is 34.4. The van der Waals surface area contributed by atoms with Crippen molar-refractivity contribution in [1.29, 1.82) is 0 Å². The molecule has 49 heavy (non-hydrogen) atoms. The second kappa shape index (κ2) is 18.3. The first-order valence-electron chi connectivity index (χ1n) is 17.2. The van der Waals surface area contributed by atoms with Crippen LogP contribution in [0.1, 0.15) is 50.2 Å². The zero-order valence-electron chi connectivity index (χ0n) is 27.8. The minimum Gasteiger partial charge on any atom is -0.506 e. The molecule has 0 aliphatic carbocycles. The molecule has 0 saturated carbocycles. The fourth-order valence-electron chi connectivity index (χ4n) is 6.20. The first kappa shape index (κ1) is 35.7. The van der Waals surface area contributed by atoms with Crippen LogP contribution in [0, 0.1) is 0 Å². The molecule has 1 amide bonds. The molecule has 260 valence electrons. The van der Waals surface area contributed by atoms with E-state index in [1.54, 1.807) is 12.1 Å². The first-order chi connectivity index (χ1) is 23.9. The molecule has 5 rings (SSSR count). The van der Waals surface area contributed by atoms with E-state index in [2.05, 4.69) is 25.8 Å². The summed E-state index contributed by atoms with van der Waals surface area (Å²) in [6.45, 7) is 4.66. The fourth-order valence-corrected chi connectivity index (χ4v) is 6.20. The summed E-state index contributed by atoms with van der Waals surface area (Å²) >= 11 is 0. The van der Waals surface area contributed by atoms with Crippen molar-refractivity contribution < 1.29 is 24.5 Å². The second-order valence-electron chi connectivity index (χ2n) is 12.5. The number of ether oxygens (including phenoxy) is 1. The maximum Gasteiger partial charge on any atom is 0.411 e. The van der Waals surface area contributed by atoms with E-state index >= 15 is 0 Å². The van der Waals surface area contributed by atoms with Crippen LogP contribution in [0.5, 0.6) is 5.75 Å². The molecule has 0 spiro atoms.